The van der Waals surface area contributed by atoms with Crippen LogP contribution in [0.25, 0.3) is 0 Å². The van der Waals surface area contributed by atoms with Crippen molar-refractivity contribution in [1.82, 2.24) is 9.78 Å². The Labute approximate surface area is 97.0 Å². The number of anilines is 1. The summed E-state index contributed by atoms with van der Waals surface area (Å²) in [4.78, 5) is 11.9. The van der Waals surface area contributed by atoms with Crippen molar-refractivity contribution in [2.75, 3.05) is 5.32 Å². The predicted octanol–water partition coefficient (Wildman–Crippen LogP) is 2.41. The molecule has 0 radical (unpaired) electrons. The van der Waals surface area contributed by atoms with Crippen LogP contribution in [0.2, 0.25) is 0 Å². The van der Waals surface area contributed by atoms with Crippen LogP contribution in [0.15, 0.2) is 0 Å². The highest BCUT2D eigenvalue weighted by Gasteiger charge is 2.17. The molecule has 4 heteroatoms. The van der Waals surface area contributed by atoms with Gasteiger partial charge in [0.25, 0.3) is 0 Å². The molecule has 4 nitrogen and oxygen atoms in total. The van der Waals surface area contributed by atoms with Crippen molar-refractivity contribution >= 4 is 11.6 Å². The van der Waals surface area contributed by atoms with Gasteiger partial charge in [-0.15, -0.1) is 0 Å². The summed E-state index contributed by atoms with van der Waals surface area (Å²) in [5.74, 6) is 0.197. The standard InChI is InChI=1S/C12H21N3O/c1-6-10(7-2)12(16)13-11-8(3)14-15(5)9(11)4/h10H,6-7H2,1-5H3,(H,13,16). The molecule has 90 valence electrons. The van der Waals surface area contributed by atoms with E-state index in [4.69, 9.17) is 0 Å². The lowest BCUT2D eigenvalue weighted by atomic mass is 10.0. The normalized spacial score (nSPS) is 10.9. The summed E-state index contributed by atoms with van der Waals surface area (Å²) in [6.07, 6.45) is 1.75. The number of rotatable bonds is 4. The smallest absolute Gasteiger partial charge is 0.227 e. The van der Waals surface area contributed by atoms with E-state index in [1.807, 2.05) is 34.7 Å². The van der Waals surface area contributed by atoms with Crippen LogP contribution in [-0.2, 0) is 11.8 Å². The van der Waals surface area contributed by atoms with Gasteiger partial charge in [-0.05, 0) is 26.7 Å². The number of aromatic nitrogens is 2. The van der Waals surface area contributed by atoms with Crippen LogP contribution in [-0.4, -0.2) is 15.7 Å². The molecule has 0 aromatic carbocycles. The van der Waals surface area contributed by atoms with E-state index in [0.717, 1.165) is 29.9 Å². The van der Waals surface area contributed by atoms with Crippen LogP contribution in [0.5, 0.6) is 0 Å². The average molecular weight is 223 g/mol. The summed E-state index contributed by atoms with van der Waals surface area (Å²) in [5, 5.41) is 7.26. The molecule has 1 aromatic heterocycles. The zero-order valence-electron chi connectivity index (χ0n) is 10.8. The molecule has 1 heterocycles. The van der Waals surface area contributed by atoms with Crippen molar-refractivity contribution in [2.24, 2.45) is 13.0 Å². The summed E-state index contributed by atoms with van der Waals surface area (Å²) in [6, 6.07) is 0. The highest BCUT2D eigenvalue weighted by molar-refractivity contribution is 5.93. The topological polar surface area (TPSA) is 46.9 Å². The van der Waals surface area contributed by atoms with Crippen LogP contribution in [0.3, 0.4) is 0 Å². The number of aryl methyl sites for hydroxylation is 2. The van der Waals surface area contributed by atoms with Gasteiger partial charge in [-0.25, -0.2) is 0 Å². The van der Waals surface area contributed by atoms with E-state index in [1.165, 1.54) is 0 Å². The fourth-order valence-corrected chi connectivity index (χ4v) is 1.84. The van der Waals surface area contributed by atoms with Gasteiger partial charge in [-0.2, -0.15) is 5.10 Å². The Bertz CT molecular complexity index is 378. The summed E-state index contributed by atoms with van der Waals surface area (Å²) < 4.78 is 1.79. The van der Waals surface area contributed by atoms with Crippen molar-refractivity contribution in [1.29, 1.82) is 0 Å². The Hall–Kier alpha value is -1.32. The monoisotopic (exact) mass is 223 g/mol. The number of carbonyl (C=O) groups is 1. The Morgan fingerprint density at radius 2 is 1.94 bits per heavy atom. The largest absolute Gasteiger partial charge is 0.323 e. The molecule has 0 spiro atoms. The molecule has 0 saturated carbocycles. The molecule has 0 aliphatic heterocycles. The van der Waals surface area contributed by atoms with E-state index >= 15 is 0 Å². The first-order chi connectivity index (χ1) is 7.51. The molecular weight excluding hydrogens is 202 g/mol. The first-order valence-electron chi connectivity index (χ1n) is 5.82. The summed E-state index contributed by atoms with van der Waals surface area (Å²) in [6.45, 7) is 7.95. The lowest BCUT2D eigenvalue weighted by Gasteiger charge is -2.12. The van der Waals surface area contributed by atoms with Crippen LogP contribution in [0.4, 0.5) is 5.69 Å². The number of nitrogens with zero attached hydrogens (tertiary/aromatic N) is 2. The third kappa shape index (κ3) is 2.43. The Morgan fingerprint density at radius 3 is 2.31 bits per heavy atom. The molecule has 0 atom stereocenters. The van der Waals surface area contributed by atoms with Gasteiger partial charge in [0.1, 0.15) is 0 Å². The quantitative estimate of drug-likeness (QED) is 0.852. The van der Waals surface area contributed by atoms with Crippen molar-refractivity contribution < 1.29 is 4.79 Å². The molecule has 0 unspecified atom stereocenters. The maximum atomic E-state index is 11.9. The first-order valence-corrected chi connectivity index (χ1v) is 5.82. The van der Waals surface area contributed by atoms with Crippen LogP contribution in [0, 0.1) is 19.8 Å². The van der Waals surface area contributed by atoms with Crippen molar-refractivity contribution in [3.8, 4) is 0 Å². The van der Waals surface area contributed by atoms with Gasteiger partial charge >= 0.3 is 0 Å². The van der Waals surface area contributed by atoms with Crippen LogP contribution >= 0.6 is 0 Å². The zero-order chi connectivity index (χ0) is 12.3. The third-order valence-electron chi connectivity index (χ3n) is 3.11. The summed E-state index contributed by atoms with van der Waals surface area (Å²) >= 11 is 0. The molecule has 0 aliphatic rings. The Morgan fingerprint density at radius 1 is 1.38 bits per heavy atom. The summed E-state index contributed by atoms with van der Waals surface area (Å²) in [7, 11) is 1.88. The van der Waals surface area contributed by atoms with Gasteiger partial charge in [0.05, 0.1) is 17.1 Å². The number of hydrogen-bond acceptors (Lipinski definition) is 2. The lowest BCUT2D eigenvalue weighted by molar-refractivity contribution is -0.120. The SMILES string of the molecule is CCC(CC)C(=O)Nc1c(C)nn(C)c1C. The van der Waals surface area contributed by atoms with Gasteiger partial charge in [0, 0.05) is 13.0 Å². The lowest BCUT2D eigenvalue weighted by Crippen LogP contribution is -2.22. The maximum Gasteiger partial charge on any atom is 0.227 e. The van der Waals surface area contributed by atoms with E-state index in [1.54, 1.807) is 4.68 Å². The number of amides is 1. The fourth-order valence-electron chi connectivity index (χ4n) is 1.84. The molecule has 0 bridgehead atoms. The summed E-state index contributed by atoms with van der Waals surface area (Å²) in [5.41, 5.74) is 2.73. The van der Waals surface area contributed by atoms with E-state index in [2.05, 4.69) is 10.4 Å². The first kappa shape index (κ1) is 12.7. The van der Waals surface area contributed by atoms with Crippen molar-refractivity contribution in [3.63, 3.8) is 0 Å². The van der Waals surface area contributed by atoms with Gasteiger partial charge in [0.15, 0.2) is 0 Å². The van der Waals surface area contributed by atoms with Gasteiger partial charge in [-0.3, -0.25) is 9.48 Å². The molecule has 0 fully saturated rings. The van der Waals surface area contributed by atoms with Crippen LogP contribution in [0.1, 0.15) is 38.1 Å². The van der Waals surface area contributed by atoms with E-state index < -0.39 is 0 Å². The molecule has 0 aliphatic carbocycles. The van der Waals surface area contributed by atoms with Crippen molar-refractivity contribution in [3.05, 3.63) is 11.4 Å². The second-order valence-corrected chi connectivity index (χ2v) is 4.17. The maximum absolute atomic E-state index is 11.9. The Balaban J connectivity index is 2.84. The predicted molar refractivity (Wildman–Crippen MR) is 65.4 cm³/mol. The highest BCUT2D eigenvalue weighted by atomic mass is 16.1. The van der Waals surface area contributed by atoms with Gasteiger partial charge in [-0.1, -0.05) is 13.8 Å². The molecule has 0 saturated heterocycles. The Kier molecular flexibility index (Phi) is 4.10. The molecule has 1 aromatic rings. The minimum Gasteiger partial charge on any atom is -0.323 e. The van der Waals surface area contributed by atoms with Gasteiger partial charge < -0.3 is 5.32 Å². The third-order valence-corrected chi connectivity index (χ3v) is 3.11. The number of carbonyl (C=O) groups excluding carboxylic acids is 1. The molecule has 16 heavy (non-hydrogen) atoms. The van der Waals surface area contributed by atoms with Gasteiger partial charge in [0.2, 0.25) is 5.91 Å². The number of hydrogen-bond donors (Lipinski definition) is 1. The second-order valence-electron chi connectivity index (χ2n) is 4.17. The highest BCUT2D eigenvalue weighted by Crippen LogP contribution is 2.20. The molecular formula is C12H21N3O. The second kappa shape index (κ2) is 5.14. The zero-order valence-corrected chi connectivity index (χ0v) is 10.8. The minimum absolute atomic E-state index is 0.0963. The van der Waals surface area contributed by atoms with E-state index in [-0.39, 0.29) is 11.8 Å². The van der Waals surface area contributed by atoms with E-state index in [9.17, 15) is 4.79 Å². The van der Waals surface area contributed by atoms with Crippen molar-refractivity contribution in [2.45, 2.75) is 40.5 Å². The average Bonchev–Trinajstić information content (AvgIpc) is 2.47. The number of nitrogens with one attached hydrogen (secondary N) is 1. The molecule has 1 amide bonds. The van der Waals surface area contributed by atoms with Crippen LogP contribution < -0.4 is 5.32 Å². The fraction of sp³-hybridized carbons (Fsp3) is 0.667. The van der Waals surface area contributed by atoms with E-state index in [0.29, 0.717) is 0 Å². The molecule has 1 N–H and O–H groups in total. The molecule has 1 rings (SSSR count). The minimum atomic E-state index is 0.0963.